The molecule has 18 heavy (non-hydrogen) atoms. The number of nitrogens with two attached hydrogens (primary N) is 1. The van der Waals surface area contributed by atoms with Crippen molar-refractivity contribution in [2.45, 2.75) is 18.3 Å². The smallest absolute Gasteiger partial charge is 0.330 e. The van der Waals surface area contributed by atoms with E-state index in [0.717, 1.165) is 0 Å². The predicted octanol–water partition coefficient (Wildman–Crippen LogP) is 3.45. The molecule has 0 saturated heterocycles. The van der Waals surface area contributed by atoms with Crippen molar-refractivity contribution in [1.29, 1.82) is 0 Å². The molecule has 1 rings (SSSR count). The molecule has 0 aliphatic carbocycles. The van der Waals surface area contributed by atoms with Gasteiger partial charge in [-0.1, -0.05) is 6.07 Å². The van der Waals surface area contributed by atoms with Gasteiger partial charge in [-0.15, -0.1) is 0 Å². The Balaban J connectivity index is 3.19. The van der Waals surface area contributed by atoms with Crippen molar-refractivity contribution in [2.24, 2.45) is 5.73 Å². The molecule has 0 saturated carbocycles. The quantitative estimate of drug-likeness (QED) is 0.822. The molecule has 102 valence electrons. The van der Waals surface area contributed by atoms with Gasteiger partial charge in [0.05, 0.1) is 11.5 Å². The van der Waals surface area contributed by atoms with E-state index in [0.29, 0.717) is 6.07 Å². The standard InChI is InChI=1S/C10H8F7N/c11-8-3-5(7(4-18)10(15,16)17)1-2-6(8)9(12,13)14/h1-3,7H,4,18H2. The van der Waals surface area contributed by atoms with E-state index in [4.69, 9.17) is 5.73 Å². The second-order valence-electron chi connectivity index (χ2n) is 3.57. The van der Waals surface area contributed by atoms with Gasteiger partial charge in [-0.2, -0.15) is 26.3 Å². The maximum absolute atomic E-state index is 13.1. The zero-order valence-electron chi connectivity index (χ0n) is 8.74. The van der Waals surface area contributed by atoms with E-state index in [-0.39, 0.29) is 12.1 Å². The van der Waals surface area contributed by atoms with E-state index >= 15 is 0 Å². The lowest BCUT2D eigenvalue weighted by Crippen LogP contribution is -2.28. The van der Waals surface area contributed by atoms with Crippen molar-refractivity contribution in [3.63, 3.8) is 0 Å². The lowest BCUT2D eigenvalue weighted by Gasteiger charge is -2.19. The molecular formula is C10H8F7N. The van der Waals surface area contributed by atoms with Crippen LogP contribution in [0.3, 0.4) is 0 Å². The molecule has 0 amide bonds. The summed E-state index contributed by atoms with van der Waals surface area (Å²) < 4.78 is 87.1. The van der Waals surface area contributed by atoms with E-state index in [1.807, 2.05) is 0 Å². The molecule has 0 bridgehead atoms. The summed E-state index contributed by atoms with van der Waals surface area (Å²) in [5.41, 5.74) is 2.66. The highest BCUT2D eigenvalue weighted by atomic mass is 19.4. The lowest BCUT2D eigenvalue weighted by molar-refractivity contribution is -0.148. The topological polar surface area (TPSA) is 26.0 Å². The number of hydrogen-bond donors (Lipinski definition) is 1. The van der Waals surface area contributed by atoms with Gasteiger partial charge in [0.15, 0.2) is 0 Å². The van der Waals surface area contributed by atoms with Crippen LogP contribution in [-0.2, 0) is 6.18 Å². The third-order valence-corrected chi connectivity index (χ3v) is 2.33. The zero-order valence-corrected chi connectivity index (χ0v) is 8.74. The van der Waals surface area contributed by atoms with Crippen LogP contribution in [0.5, 0.6) is 0 Å². The van der Waals surface area contributed by atoms with Gasteiger partial charge in [0.25, 0.3) is 0 Å². The molecule has 1 aromatic rings. The van der Waals surface area contributed by atoms with E-state index in [1.165, 1.54) is 0 Å². The molecule has 0 aliphatic heterocycles. The summed E-state index contributed by atoms with van der Waals surface area (Å²) in [6.07, 6.45) is -9.68. The highest BCUT2D eigenvalue weighted by molar-refractivity contribution is 5.29. The lowest BCUT2D eigenvalue weighted by atomic mass is 9.97. The van der Waals surface area contributed by atoms with Crippen molar-refractivity contribution in [3.05, 3.63) is 35.1 Å². The Morgan fingerprint density at radius 1 is 1.06 bits per heavy atom. The highest BCUT2D eigenvalue weighted by Crippen LogP contribution is 2.37. The largest absolute Gasteiger partial charge is 0.419 e. The van der Waals surface area contributed by atoms with Gasteiger partial charge in [0.2, 0.25) is 0 Å². The van der Waals surface area contributed by atoms with Crippen LogP contribution >= 0.6 is 0 Å². The van der Waals surface area contributed by atoms with Gasteiger partial charge in [-0.05, 0) is 17.7 Å². The SMILES string of the molecule is NCC(c1ccc(C(F)(F)F)c(F)c1)C(F)(F)F. The summed E-state index contributed by atoms with van der Waals surface area (Å²) >= 11 is 0. The van der Waals surface area contributed by atoms with Crippen LogP contribution in [0.15, 0.2) is 18.2 Å². The molecule has 0 aliphatic rings. The molecule has 0 spiro atoms. The van der Waals surface area contributed by atoms with Crippen LogP contribution in [0.25, 0.3) is 0 Å². The molecule has 1 unspecified atom stereocenters. The van der Waals surface area contributed by atoms with Crippen molar-refractivity contribution in [1.82, 2.24) is 0 Å². The molecular weight excluding hydrogens is 267 g/mol. The average molecular weight is 275 g/mol. The van der Waals surface area contributed by atoms with E-state index < -0.39 is 41.8 Å². The van der Waals surface area contributed by atoms with Gasteiger partial charge in [-0.3, -0.25) is 0 Å². The number of halogens is 7. The van der Waals surface area contributed by atoms with Crippen LogP contribution in [0.4, 0.5) is 30.7 Å². The Bertz CT molecular complexity index is 421. The second kappa shape index (κ2) is 4.75. The summed E-state index contributed by atoms with van der Waals surface area (Å²) in [6.45, 7) is -0.867. The van der Waals surface area contributed by atoms with Crippen molar-refractivity contribution >= 4 is 0 Å². The Hall–Kier alpha value is -1.31. The Morgan fingerprint density at radius 3 is 1.94 bits per heavy atom. The molecule has 8 heteroatoms. The molecule has 1 aromatic carbocycles. The Kier molecular flexibility index (Phi) is 3.89. The third-order valence-electron chi connectivity index (χ3n) is 2.33. The number of hydrogen-bond acceptors (Lipinski definition) is 1. The van der Waals surface area contributed by atoms with Gasteiger partial charge in [0, 0.05) is 6.54 Å². The fraction of sp³-hybridized carbons (Fsp3) is 0.400. The van der Waals surface area contributed by atoms with Crippen LogP contribution < -0.4 is 5.73 Å². The monoisotopic (exact) mass is 275 g/mol. The van der Waals surface area contributed by atoms with Gasteiger partial charge < -0.3 is 5.73 Å². The van der Waals surface area contributed by atoms with Crippen LogP contribution in [0.2, 0.25) is 0 Å². The Labute approximate surface area is 97.4 Å². The number of rotatable bonds is 2. The molecule has 2 N–H and O–H groups in total. The fourth-order valence-electron chi connectivity index (χ4n) is 1.44. The first kappa shape index (κ1) is 14.7. The summed E-state index contributed by atoms with van der Waals surface area (Å²) in [4.78, 5) is 0. The van der Waals surface area contributed by atoms with Gasteiger partial charge in [0.1, 0.15) is 5.82 Å². The van der Waals surface area contributed by atoms with Crippen LogP contribution in [0.1, 0.15) is 17.0 Å². The van der Waals surface area contributed by atoms with E-state index in [2.05, 4.69) is 0 Å². The molecule has 0 aromatic heterocycles. The highest BCUT2D eigenvalue weighted by Gasteiger charge is 2.41. The number of alkyl halides is 6. The average Bonchev–Trinajstić information content (AvgIpc) is 2.14. The minimum Gasteiger partial charge on any atom is -0.330 e. The minimum absolute atomic E-state index is 0.216. The van der Waals surface area contributed by atoms with Crippen LogP contribution in [-0.4, -0.2) is 12.7 Å². The normalized spacial score (nSPS) is 14.7. The molecule has 0 fully saturated rings. The van der Waals surface area contributed by atoms with Gasteiger partial charge >= 0.3 is 12.4 Å². The third kappa shape index (κ3) is 3.12. The van der Waals surface area contributed by atoms with E-state index in [1.54, 1.807) is 0 Å². The fourth-order valence-corrected chi connectivity index (χ4v) is 1.44. The molecule has 1 nitrogen and oxygen atoms in total. The summed E-state index contributed by atoms with van der Waals surface area (Å²) in [7, 11) is 0. The zero-order chi connectivity index (χ0) is 14.1. The summed E-state index contributed by atoms with van der Waals surface area (Å²) in [5, 5.41) is 0. The Morgan fingerprint density at radius 2 is 1.61 bits per heavy atom. The maximum Gasteiger partial charge on any atom is 0.419 e. The first-order chi connectivity index (χ1) is 8.07. The van der Waals surface area contributed by atoms with Crippen LogP contribution in [0, 0.1) is 5.82 Å². The predicted molar refractivity (Wildman–Crippen MR) is 49.3 cm³/mol. The summed E-state index contributed by atoms with van der Waals surface area (Å²) in [5.74, 6) is -3.93. The molecule has 0 radical (unpaired) electrons. The van der Waals surface area contributed by atoms with Gasteiger partial charge in [-0.25, -0.2) is 4.39 Å². The first-order valence-corrected chi connectivity index (χ1v) is 4.70. The number of benzene rings is 1. The van der Waals surface area contributed by atoms with Crippen molar-refractivity contribution in [3.8, 4) is 0 Å². The molecule has 1 atom stereocenters. The minimum atomic E-state index is -4.95. The molecule has 0 heterocycles. The second-order valence-corrected chi connectivity index (χ2v) is 3.57. The van der Waals surface area contributed by atoms with E-state index in [9.17, 15) is 30.7 Å². The van der Waals surface area contributed by atoms with Crippen molar-refractivity contribution < 1.29 is 30.7 Å². The first-order valence-electron chi connectivity index (χ1n) is 4.70. The summed E-state index contributed by atoms with van der Waals surface area (Å²) in [6, 6.07) is 1.07. The maximum atomic E-state index is 13.1. The van der Waals surface area contributed by atoms with Crippen molar-refractivity contribution in [2.75, 3.05) is 6.54 Å².